The van der Waals surface area contributed by atoms with Crippen LogP contribution in [0, 0.1) is 13.8 Å². The molecule has 0 atom stereocenters. The Morgan fingerprint density at radius 3 is 2.60 bits per heavy atom. The molecule has 4 rings (SSSR count). The summed E-state index contributed by atoms with van der Waals surface area (Å²) in [5, 5.41) is 7.69. The summed E-state index contributed by atoms with van der Waals surface area (Å²) in [5.41, 5.74) is 2.49. The first-order valence-corrected chi connectivity index (χ1v) is 10.1. The Hall–Kier alpha value is -3.13. The average Bonchev–Trinajstić information content (AvgIpc) is 3.38. The summed E-state index contributed by atoms with van der Waals surface area (Å²) in [6.07, 6.45) is 4.24. The van der Waals surface area contributed by atoms with E-state index in [9.17, 15) is 9.59 Å². The van der Waals surface area contributed by atoms with Crippen molar-refractivity contribution in [3.63, 3.8) is 0 Å². The molecule has 3 aromatic heterocycles. The van der Waals surface area contributed by atoms with Crippen molar-refractivity contribution in [1.29, 1.82) is 0 Å². The normalized spacial score (nSPS) is 14.7. The zero-order valence-electron chi connectivity index (χ0n) is 16.8. The highest BCUT2D eigenvalue weighted by molar-refractivity contribution is 6.33. The Morgan fingerprint density at radius 1 is 1.20 bits per heavy atom. The molecule has 1 N–H and O–H groups in total. The maximum atomic E-state index is 12.8. The van der Waals surface area contributed by atoms with E-state index in [0.717, 1.165) is 11.4 Å². The molecule has 4 heterocycles. The summed E-state index contributed by atoms with van der Waals surface area (Å²) < 4.78 is 6.66. The zero-order chi connectivity index (χ0) is 21.3. The number of carbonyl (C=O) groups excluding carboxylic acids is 2. The summed E-state index contributed by atoms with van der Waals surface area (Å²) >= 11 is 6.25. The highest BCUT2D eigenvalue weighted by atomic mass is 35.5. The van der Waals surface area contributed by atoms with Gasteiger partial charge in [-0.1, -0.05) is 11.6 Å². The molecule has 1 fully saturated rings. The van der Waals surface area contributed by atoms with E-state index in [4.69, 9.17) is 16.0 Å². The Kier molecular flexibility index (Phi) is 5.59. The molecule has 156 valence electrons. The maximum Gasteiger partial charge on any atom is 0.271 e. The first-order chi connectivity index (χ1) is 14.4. The monoisotopic (exact) mass is 427 g/mol. The highest BCUT2D eigenvalue weighted by Crippen LogP contribution is 2.19. The van der Waals surface area contributed by atoms with Crippen molar-refractivity contribution in [2.45, 2.75) is 32.7 Å². The lowest BCUT2D eigenvalue weighted by molar-refractivity contribution is 0.0697. The standard InChI is InChI=1S/C21H22ClN5O3/c1-13-11-14(2)27(25-13)18-4-3-17(22)19(24-18)20(28)23-16-5-8-26(9-6-16)21(29)15-7-10-30-12-15/h3-4,7,10-12,16H,5-6,8-9H2,1-2H3,(H,23,28). The van der Waals surface area contributed by atoms with E-state index in [1.165, 1.54) is 12.5 Å². The number of nitrogens with zero attached hydrogens (tertiary/aromatic N) is 4. The van der Waals surface area contributed by atoms with Crippen LogP contribution >= 0.6 is 11.6 Å². The van der Waals surface area contributed by atoms with E-state index < -0.39 is 0 Å². The molecule has 1 saturated heterocycles. The molecule has 8 nitrogen and oxygen atoms in total. The molecule has 2 amide bonds. The average molecular weight is 428 g/mol. The van der Waals surface area contributed by atoms with Crippen molar-refractivity contribution in [3.05, 3.63) is 64.5 Å². The second kappa shape index (κ2) is 8.31. The van der Waals surface area contributed by atoms with Gasteiger partial charge >= 0.3 is 0 Å². The van der Waals surface area contributed by atoms with E-state index in [0.29, 0.717) is 37.3 Å². The third-order valence-electron chi connectivity index (χ3n) is 5.16. The van der Waals surface area contributed by atoms with Gasteiger partial charge in [-0.2, -0.15) is 5.10 Å². The molecule has 3 aromatic rings. The van der Waals surface area contributed by atoms with Crippen molar-refractivity contribution in [2.24, 2.45) is 0 Å². The van der Waals surface area contributed by atoms with Gasteiger partial charge in [0.1, 0.15) is 12.0 Å². The Bertz CT molecular complexity index is 1070. The SMILES string of the molecule is Cc1cc(C)n(-c2ccc(Cl)c(C(=O)NC3CCN(C(=O)c4ccoc4)CC3)n2)n1. The van der Waals surface area contributed by atoms with Crippen molar-refractivity contribution in [3.8, 4) is 5.82 Å². The second-order valence-corrected chi connectivity index (χ2v) is 7.80. The van der Waals surface area contributed by atoms with Crippen molar-refractivity contribution < 1.29 is 14.0 Å². The molecule has 0 aliphatic carbocycles. The van der Waals surface area contributed by atoms with Crippen LogP contribution in [-0.4, -0.2) is 50.6 Å². The third-order valence-corrected chi connectivity index (χ3v) is 5.46. The lowest BCUT2D eigenvalue weighted by atomic mass is 10.0. The fourth-order valence-electron chi connectivity index (χ4n) is 3.62. The number of likely N-dealkylation sites (tertiary alicyclic amines) is 1. The third kappa shape index (κ3) is 4.09. The quantitative estimate of drug-likeness (QED) is 0.690. The summed E-state index contributed by atoms with van der Waals surface area (Å²) in [5.74, 6) is 0.148. The molecule has 0 unspecified atom stereocenters. The van der Waals surface area contributed by atoms with E-state index in [1.807, 2.05) is 19.9 Å². The number of carbonyl (C=O) groups is 2. The van der Waals surface area contributed by atoms with Crippen LogP contribution in [0.25, 0.3) is 5.82 Å². The van der Waals surface area contributed by atoms with E-state index in [2.05, 4.69) is 15.4 Å². The number of nitrogens with one attached hydrogen (secondary N) is 1. The number of aryl methyl sites for hydroxylation is 2. The fraction of sp³-hybridized carbons (Fsp3) is 0.333. The number of amides is 2. The van der Waals surface area contributed by atoms with Gasteiger partial charge in [0, 0.05) is 24.8 Å². The maximum absolute atomic E-state index is 12.8. The summed E-state index contributed by atoms with van der Waals surface area (Å²) in [4.78, 5) is 31.4. The molecule has 0 aromatic carbocycles. The first-order valence-electron chi connectivity index (χ1n) is 9.75. The number of furan rings is 1. The fourth-order valence-corrected chi connectivity index (χ4v) is 3.81. The molecule has 9 heteroatoms. The molecular weight excluding hydrogens is 406 g/mol. The highest BCUT2D eigenvalue weighted by Gasteiger charge is 2.26. The van der Waals surface area contributed by atoms with Crippen LogP contribution < -0.4 is 5.32 Å². The van der Waals surface area contributed by atoms with Gasteiger partial charge < -0.3 is 14.6 Å². The minimum absolute atomic E-state index is 0.0545. The van der Waals surface area contributed by atoms with Gasteiger partial charge in [0.15, 0.2) is 5.82 Å². The van der Waals surface area contributed by atoms with Crippen molar-refractivity contribution in [2.75, 3.05) is 13.1 Å². The van der Waals surface area contributed by atoms with Gasteiger partial charge in [-0.25, -0.2) is 9.67 Å². The minimum Gasteiger partial charge on any atom is -0.472 e. The number of rotatable bonds is 4. The lowest BCUT2D eigenvalue weighted by Crippen LogP contribution is -2.46. The van der Waals surface area contributed by atoms with Crippen LogP contribution in [0.5, 0.6) is 0 Å². The van der Waals surface area contributed by atoms with Gasteiger partial charge in [-0.15, -0.1) is 0 Å². The van der Waals surface area contributed by atoms with Gasteiger partial charge in [-0.05, 0) is 51.0 Å². The predicted octanol–water partition coefficient (Wildman–Crippen LogP) is 3.17. The van der Waals surface area contributed by atoms with Gasteiger partial charge in [-0.3, -0.25) is 9.59 Å². The van der Waals surface area contributed by atoms with Crippen LogP contribution in [0.3, 0.4) is 0 Å². The molecule has 0 spiro atoms. The van der Waals surface area contributed by atoms with Crippen LogP contribution in [0.4, 0.5) is 0 Å². The minimum atomic E-state index is -0.331. The number of halogens is 1. The number of aromatic nitrogens is 3. The first kappa shape index (κ1) is 20.2. The number of pyridine rings is 1. The number of piperidine rings is 1. The zero-order valence-corrected chi connectivity index (χ0v) is 17.5. The largest absolute Gasteiger partial charge is 0.472 e. The molecule has 1 aliphatic heterocycles. The molecule has 0 bridgehead atoms. The van der Waals surface area contributed by atoms with Crippen LogP contribution in [0.1, 0.15) is 45.1 Å². The van der Waals surface area contributed by atoms with E-state index in [1.54, 1.807) is 27.8 Å². The molecular formula is C21H22ClN5O3. The van der Waals surface area contributed by atoms with Crippen LogP contribution in [-0.2, 0) is 0 Å². The number of hydrogen-bond donors (Lipinski definition) is 1. The number of hydrogen-bond acceptors (Lipinski definition) is 5. The predicted molar refractivity (Wildman–Crippen MR) is 111 cm³/mol. The summed E-state index contributed by atoms with van der Waals surface area (Å²) in [7, 11) is 0. The molecule has 30 heavy (non-hydrogen) atoms. The van der Waals surface area contributed by atoms with Gasteiger partial charge in [0.25, 0.3) is 11.8 Å². The van der Waals surface area contributed by atoms with Gasteiger partial charge in [0.05, 0.1) is 22.5 Å². The van der Waals surface area contributed by atoms with Crippen molar-refractivity contribution >= 4 is 23.4 Å². The topological polar surface area (TPSA) is 93.3 Å². The van der Waals surface area contributed by atoms with Crippen LogP contribution in [0.15, 0.2) is 41.2 Å². The second-order valence-electron chi connectivity index (χ2n) is 7.39. The molecule has 0 radical (unpaired) electrons. The molecule has 0 saturated carbocycles. The Balaban J connectivity index is 1.41. The Labute approximate surface area is 178 Å². The van der Waals surface area contributed by atoms with Gasteiger partial charge in [0.2, 0.25) is 0 Å². The summed E-state index contributed by atoms with van der Waals surface area (Å²) in [6, 6.07) is 6.93. The molecule has 1 aliphatic rings. The lowest BCUT2D eigenvalue weighted by Gasteiger charge is -2.32. The summed E-state index contributed by atoms with van der Waals surface area (Å²) in [6.45, 7) is 4.94. The Morgan fingerprint density at radius 2 is 1.97 bits per heavy atom. The van der Waals surface area contributed by atoms with Crippen LogP contribution in [0.2, 0.25) is 5.02 Å². The smallest absolute Gasteiger partial charge is 0.271 e. The van der Waals surface area contributed by atoms with E-state index in [-0.39, 0.29) is 28.6 Å². The van der Waals surface area contributed by atoms with Crippen molar-refractivity contribution in [1.82, 2.24) is 25.0 Å². The van der Waals surface area contributed by atoms with E-state index >= 15 is 0 Å².